The van der Waals surface area contributed by atoms with E-state index in [2.05, 4.69) is 10.2 Å². The highest BCUT2D eigenvalue weighted by molar-refractivity contribution is 7.88. The van der Waals surface area contributed by atoms with Gasteiger partial charge in [0.25, 0.3) is 12.4 Å². The van der Waals surface area contributed by atoms with Gasteiger partial charge in [0.2, 0.25) is 15.9 Å². The van der Waals surface area contributed by atoms with Gasteiger partial charge >= 0.3 is 0 Å². The number of carboxylic acid groups (broad SMARTS) is 1. The van der Waals surface area contributed by atoms with Crippen LogP contribution in [0.4, 0.5) is 0 Å². The molecule has 0 radical (unpaired) electrons. The van der Waals surface area contributed by atoms with Gasteiger partial charge in [0, 0.05) is 50.9 Å². The molecule has 1 aromatic rings. The zero-order chi connectivity index (χ0) is 24.6. The van der Waals surface area contributed by atoms with Crippen molar-refractivity contribution < 1.29 is 27.9 Å². The Balaban J connectivity index is 0.00000122. The lowest BCUT2D eigenvalue weighted by molar-refractivity contribution is -0.137. The second kappa shape index (κ2) is 12.1. The van der Waals surface area contributed by atoms with Crippen molar-refractivity contribution in [1.82, 2.24) is 19.4 Å². The van der Waals surface area contributed by atoms with Gasteiger partial charge in [-0.3, -0.25) is 14.4 Å². The summed E-state index contributed by atoms with van der Waals surface area (Å²) in [6.45, 7) is 4.57. The van der Waals surface area contributed by atoms with Gasteiger partial charge in [-0.2, -0.15) is 4.31 Å². The topological polar surface area (TPSA) is 127 Å². The third-order valence-electron chi connectivity index (χ3n) is 6.02. The van der Waals surface area contributed by atoms with Crippen molar-refractivity contribution in [2.75, 3.05) is 52.6 Å². The Kier molecular flexibility index (Phi) is 9.81. The molecule has 184 valence electrons. The van der Waals surface area contributed by atoms with Crippen molar-refractivity contribution in [3.05, 3.63) is 35.4 Å². The second-order valence-corrected chi connectivity index (χ2v) is 10.6. The average Bonchev–Trinajstić information content (AvgIpc) is 2.94. The van der Waals surface area contributed by atoms with Crippen molar-refractivity contribution in [2.24, 2.45) is 5.92 Å². The molecule has 2 atom stereocenters. The smallest absolute Gasteiger partial charge is 0.290 e. The van der Waals surface area contributed by atoms with Gasteiger partial charge in [-0.1, -0.05) is 18.2 Å². The summed E-state index contributed by atoms with van der Waals surface area (Å²) < 4.78 is 24.8. The quantitative estimate of drug-likeness (QED) is 0.589. The van der Waals surface area contributed by atoms with Crippen molar-refractivity contribution in [3.8, 4) is 0 Å². The number of nitrogens with zero attached hydrogens (tertiary/aromatic N) is 3. The number of rotatable bonds is 4. The van der Waals surface area contributed by atoms with Gasteiger partial charge in [0.1, 0.15) is 0 Å². The molecule has 0 spiro atoms. The number of hydrogen-bond acceptors (Lipinski definition) is 6. The zero-order valence-electron chi connectivity index (χ0n) is 19.4. The monoisotopic (exact) mass is 482 g/mol. The van der Waals surface area contributed by atoms with Gasteiger partial charge < -0.3 is 20.2 Å². The van der Waals surface area contributed by atoms with Gasteiger partial charge in [-0.15, -0.1) is 0 Å². The minimum atomic E-state index is -3.21. The van der Waals surface area contributed by atoms with Crippen LogP contribution in [-0.2, 0) is 19.6 Å². The predicted octanol–water partition coefficient (Wildman–Crippen LogP) is 0.240. The predicted molar refractivity (Wildman–Crippen MR) is 124 cm³/mol. The maximum Gasteiger partial charge on any atom is 0.290 e. The van der Waals surface area contributed by atoms with Gasteiger partial charge in [-0.25, -0.2) is 8.42 Å². The second-order valence-electron chi connectivity index (χ2n) is 8.57. The number of piperazine rings is 1. The molecule has 2 N–H and O–H groups in total. The number of likely N-dealkylation sites (N-methyl/N-ethyl adjacent to an activating group) is 1. The molecule has 2 saturated heterocycles. The number of benzene rings is 1. The van der Waals surface area contributed by atoms with Crippen LogP contribution in [0.25, 0.3) is 0 Å². The number of carbonyl (C=O) groups excluding carboxylic acids is 2. The number of nitrogens with one attached hydrogen (secondary N) is 1. The number of hydrogen-bond donors (Lipinski definition) is 2. The summed E-state index contributed by atoms with van der Waals surface area (Å²) in [5, 5.41) is 10.0. The summed E-state index contributed by atoms with van der Waals surface area (Å²) in [5.41, 5.74) is 1.62. The number of sulfonamides is 1. The van der Waals surface area contributed by atoms with E-state index in [1.165, 1.54) is 10.6 Å². The van der Waals surface area contributed by atoms with E-state index >= 15 is 0 Å². The van der Waals surface area contributed by atoms with Crippen LogP contribution in [0.2, 0.25) is 0 Å². The third kappa shape index (κ3) is 7.79. The van der Waals surface area contributed by atoms with Crippen LogP contribution in [-0.4, -0.2) is 105 Å². The van der Waals surface area contributed by atoms with Crippen LogP contribution in [0, 0.1) is 12.8 Å². The first-order valence-corrected chi connectivity index (χ1v) is 12.8. The molecule has 0 aromatic heterocycles. The summed E-state index contributed by atoms with van der Waals surface area (Å²) in [4.78, 5) is 38.0. The zero-order valence-corrected chi connectivity index (χ0v) is 20.3. The molecule has 3 rings (SSSR count). The first kappa shape index (κ1) is 26.7. The Morgan fingerprint density at radius 1 is 1.09 bits per heavy atom. The number of amides is 2. The molecule has 10 nitrogen and oxygen atoms in total. The fourth-order valence-electron chi connectivity index (χ4n) is 4.32. The fourth-order valence-corrected chi connectivity index (χ4v) is 5.15. The van der Waals surface area contributed by atoms with E-state index in [9.17, 15) is 18.0 Å². The van der Waals surface area contributed by atoms with E-state index in [4.69, 9.17) is 9.90 Å². The SMILES string of the molecule is Cc1ccccc1C(=O)N[C@H]1CC[C@@H](C(=O)N2CCN(S(C)(=O)=O)CC2)CN(C)C1.O=CO. The molecule has 0 saturated carbocycles. The largest absolute Gasteiger partial charge is 0.483 e. The van der Waals surface area contributed by atoms with E-state index in [1.807, 2.05) is 38.2 Å². The van der Waals surface area contributed by atoms with Crippen LogP contribution in [0.15, 0.2) is 24.3 Å². The molecule has 2 fully saturated rings. The van der Waals surface area contributed by atoms with E-state index in [0.717, 1.165) is 12.0 Å². The van der Waals surface area contributed by atoms with Gasteiger partial charge in [-0.05, 0) is 38.4 Å². The Labute approximate surface area is 195 Å². The van der Waals surface area contributed by atoms with Crippen molar-refractivity contribution in [2.45, 2.75) is 25.8 Å². The summed E-state index contributed by atoms with van der Waals surface area (Å²) in [5.74, 6) is -0.130. The summed E-state index contributed by atoms with van der Waals surface area (Å²) in [6, 6.07) is 7.51. The molecule has 2 aliphatic rings. The Morgan fingerprint density at radius 3 is 2.27 bits per heavy atom. The highest BCUT2D eigenvalue weighted by Crippen LogP contribution is 2.20. The lowest BCUT2D eigenvalue weighted by Crippen LogP contribution is -2.52. The fraction of sp³-hybridized carbons (Fsp3) is 0.591. The van der Waals surface area contributed by atoms with Gasteiger partial charge in [0.15, 0.2) is 0 Å². The minimum absolute atomic E-state index is 0.0120. The number of aryl methyl sites for hydroxylation is 1. The van der Waals surface area contributed by atoms with Crippen LogP contribution in [0.1, 0.15) is 28.8 Å². The van der Waals surface area contributed by atoms with Crippen LogP contribution >= 0.6 is 0 Å². The molecular weight excluding hydrogens is 448 g/mol. The normalized spacial score (nSPS) is 22.5. The molecule has 2 aliphatic heterocycles. The minimum Gasteiger partial charge on any atom is -0.483 e. The third-order valence-corrected chi connectivity index (χ3v) is 7.32. The molecule has 33 heavy (non-hydrogen) atoms. The van der Waals surface area contributed by atoms with Crippen LogP contribution in [0.3, 0.4) is 0 Å². The Hall–Kier alpha value is -2.50. The maximum absolute atomic E-state index is 13.0. The van der Waals surface area contributed by atoms with E-state index in [1.54, 1.807) is 4.90 Å². The van der Waals surface area contributed by atoms with Crippen LogP contribution < -0.4 is 5.32 Å². The van der Waals surface area contributed by atoms with Crippen LogP contribution in [0.5, 0.6) is 0 Å². The van der Waals surface area contributed by atoms with Crippen molar-refractivity contribution in [3.63, 3.8) is 0 Å². The first-order chi connectivity index (χ1) is 15.6. The van der Waals surface area contributed by atoms with Crippen molar-refractivity contribution >= 4 is 28.3 Å². The standard InChI is InChI=1S/C21H32N4O4S.CH2O2/c1-16-6-4-5-7-19(16)20(26)22-18-9-8-17(14-23(2)15-18)21(27)24-10-12-25(13-11-24)30(3,28)29;2-1-3/h4-7,17-18H,8-15H2,1-3H3,(H,22,26);1H,(H,2,3)/t17-,18+;/m1./s1. The maximum atomic E-state index is 13.0. The van der Waals surface area contributed by atoms with Gasteiger partial charge in [0.05, 0.1) is 12.2 Å². The average molecular weight is 483 g/mol. The molecule has 0 bridgehead atoms. The Bertz CT molecular complexity index is 931. The van der Waals surface area contributed by atoms with E-state index in [0.29, 0.717) is 51.3 Å². The lowest BCUT2D eigenvalue weighted by atomic mass is 9.99. The molecule has 2 heterocycles. The summed E-state index contributed by atoms with van der Waals surface area (Å²) >= 11 is 0. The van der Waals surface area contributed by atoms with Crippen molar-refractivity contribution in [1.29, 1.82) is 0 Å². The molecule has 1 aromatic carbocycles. The highest BCUT2D eigenvalue weighted by Gasteiger charge is 2.33. The Morgan fingerprint density at radius 2 is 1.70 bits per heavy atom. The molecule has 0 aliphatic carbocycles. The summed E-state index contributed by atoms with van der Waals surface area (Å²) in [7, 11) is -1.24. The first-order valence-electron chi connectivity index (χ1n) is 10.9. The lowest BCUT2D eigenvalue weighted by Gasteiger charge is -2.35. The molecular formula is C22H34N4O6S. The van der Waals surface area contributed by atoms with E-state index < -0.39 is 10.0 Å². The number of likely N-dealkylation sites (tertiary alicyclic amines) is 1. The summed E-state index contributed by atoms with van der Waals surface area (Å²) in [6.07, 6.45) is 2.64. The molecule has 0 unspecified atom stereocenters. The highest BCUT2D eigenvalue weighted by atomic mass is 32.2. The van der Waals surface area contributed by atoms with E-state index in [-0.39, 0.29) is 30.2 Å². The molecule has 11 heteroatoms. The number of carbonyl (C=O) groups is 3. The molecule has 2 amide bonds.